The van der Waals surface area contributed by atoms with Crippen molar-refractivity contribution in [2.45, 2.75) is 170 Å². The van der Waals surface area contributed by atoms with E-state index < -0.39 is 28.9 Å². The predicted molar refractivity (Wildman–Crippen MR) is 191 cm³/mol. The molecule has 0 aromatic carbocycles. The van der Waals surface area contributed by atoms with Crippen LogP contribution >= 0.6 is 0 Å². The number of carbonyl (C=O) groups excluding carboxylic acids is 4. The molecular formula is C41H64N2O7. The van der Waals surface area contributed by atoms with Crippen LogP contribution in [0.3, 0.4) is 0 Å². The molecule has 2 N–H and O–H groups in total. The van der Waals surface area contributed by atoms with Gasteiger partial charge in [-0.1, -0.05) is 54.0 Å². The second-order valence-electron chi connectivity index (χ2n) is 19.8. The highest BCUT2D eigenvalue weighted by Crippen LogP contribution is 2.75. The molecule has 0 aliphatic heterocycles. The number of esters is 1. The van der Waals surface area contributed by atoms with Crippen LogP contribution < -0.4 is 10.6 Å². The Morgan fingerprint density at radius 2 is 1.54 bits per heavy atom. The fourth-order valence-electron chi connectivity index (χ4n) is 12.4. The van der Waals surface area contributed by atoms with Crippen molar-refractivity contribution in [3.05, 3.63) is 11.1 Å². The first-order valence-electron chi connectivity index (χ1n) is 19.4. The Balaban J connectivity index is 1.27. The van der Waals surface area contributed by atoms with E-state index in [-0.39, 0.29) is 58.0 Å². The molecule has 6 aliphatic rings. The molecule has 8 atom stereocenters. The molecule has 9 heteroatoms. The van der Waals surface area contributed by atoms with Crippen LogP contribution in [-0.2, 0) is 23.8 Å². The summed E-state index contributed by atoms with van der Waals surface area (Å²) in [4.78, 5) is 52.2. The molecule has 0 aromatic heterocycles. The van der Waals surface area contributed by atoms with Crippen LogP contribution in [-0.4, -0.2) is 53.3 Å². The van der Waals surface area contributed by atoms with Crippen molar-refractivity contribution in [1.29, 1.82) is 0 Å². The van der Waals surface area contributed by atoms with Gasteiger partial charge in [0.15, 0.2) is 0 Å². The summed E-state index contributed by atoms with van der Waals surface area (Å²) in [6, 6.07) is 0. The smallest absolute Gasteiger partial charge is 0.408 e. The fraction of sp³-hybridized carbons (Fsp3) is 0.854. The number of ether oxygens (including phenoxy) is 3. The van der Waals surface area contributed by atoms with Crippen molar-refractivity contribution < 1.29 is 33.4 Å². The number of carbonyl (C=O) groups is 4. The first-order valence-corrected chi connectivity index (χ1v) is 19.4. The first kappa shape index (κ1) is 37.2. The molecule has 5 fully saturated rings. The maximum Gasteiger partial charge on any atom is 0.408 e. The van der Waals surface area contributed by atoms with Gasteiger partial charge >= 0.3 is 18.2 Å². The molecule has 2 amide bonds. The van der Waals surface area contributed by atoms with Crippen LogP contribution in [0.4, 0.5) is 9.59 Å². The molecule has 0 heterocycles. The molecule has 0 spiro atoms. The minimum Gasteiger partial charge on any atom is -0.462 e. The van der Waals surface area contributed by atoms with Gasteiger partial charge < -0.3 is 24.8 Å². The summed E-state index contributed by atoms with van der Waals surface area (Å²) >= 11 is 0. The molecule has 0 radical (unpaired) electrons. The summed E-state index contributed by atoms with van der Waals surface area (Å²) in [7, 11) is 0. The SMILES string of the molecule is CC(=O)O[C@H]1CC[C@@]2(C)C(CC[C@]3(C)C2CCC2=C4C(C(C)C)C(=O)C[C@]4(NC(=O)OCC4(NC(=O)OC(C)(C)C)CC4)CC[C@]23C)C1(C)C. The highest BCUT2D eigenvalue weighted by Gasteiger charge is 2.69. The topological polar surface area (TPSA) is 120 Å². The summed E-state index contributed by atoms with van der Waals surface area (Å²) in [5.41, 5.74) is 0.562. The van der Waals surface area contributed by atoms with Gasteiger partial charge in [0.1, 0.15) is 24.1 Å². The van der Waals surface area contributed by atoms with Crippen molar-refractivity contribution in [3.63, 3.8) is 0 Å². The van der Waals surface area contributed by atoms with E-state index in [1.54, 1.807) is 0 Å². The number of hydrogen-bond donors (Lipinski definition) is 2. The number of Topliss-reactive ketones (excluding diaryl/α,β-unsaturated/α-hetero) is 1. The van der Waals surface area contributed by atoms with E-state index in [1.807, 2.05) is 20.8 Å². The Kier molecular flexibility index (Phi) is 8.91. The number of fused-ring (bicyclic) bond motifs is 6. The van der Waals surface area contributed by atoms with Crippen molar-refractivity contribution in [2.75, 3.05) is 6.61 Å². The van der Waals surface area contributed by atoms with E-state index in [2.05, 4.69) is 59.1 Å². The van der Waals surface area contributed by atoms with E-state index in [0.717, 1.165) is 44.9 Å². The lowest BCUT2D eigenvalue weighted by molar-refractivity contribution is -0.212. The van der Waals surface area contributed by atoms with E-state index >= 15 is 0 Å². The van der Waals surface area contributed by atoms with Gasteiger partial charge in [0, 0.05) is 24.7 Å². The minimum absolute atomic E-state index is 0.0364. The zero-order valence-electron chi connectivity index (χ0n) is 32.7. The predicted octanol–water partition coefficient (Wildman–Crippen LogP) is 8.43. The molecule has 50 heavy (non-hydrogen) atoms. The number of alkyl carbamates (subject to hydrolysis) is 2. The molecule has 0 saturated heterocycles. The number of amides is 2. The van der Waals surface area contributed by atoms with Gasteiger partial charge in [-0.15, -0.1) is 0 Å². The van der Waals surface area contributed by atoms with Gasteiger partial charge in [-0.3, -0.25) is 9.59 Å². The zero-order chi connectivity index (χ0) is 36.9. The maximum absolute atomic E-state index is 14.0. The zero-order valence-corrected chi connectivity index (χ0v) is 32.7. The number of hydrogen-bond acceptors (Lipinski definition) is 7. The largest absolute Gasteiger partial charge is 0.462 e. The van der Waals surface area contributed by atoms with Crippen LogP contribution in [0, 0.1) is 45.3 Å². The third kappa shape index (κ3) is 5.88. The van der Waals surface area contributed by atoms with Crippen molar-refractivity contribution in [1.82, 2.24) is 10.6 Å². The van der Waals surface area contributed by atoms with Crippen molar-refractivity contribution in [2.24, 2.45) is 45.3 Å². The Labute approximate surface area is 300 Å². The average Bonchev–Trinajstić information content (AvgIpc) is 3.66. The van der Waals surface area contributed by atoms with Crippen LogP contribution in [0.15, 0.2) is 11.1 Å². The third-order valence-electron chi connectivity index (χ3n) is 15.0. The van der Waals surface area contributed by atoms with Crippen molar-refractivity contribution in [3.8, 4) is 0 Å². The Morgan fingerprint density at radius 3 is 2.14 bits per heavy atom. The Bertz CT molecular complexity index is 1470. The minimum atomic E-state index is -0.748. The number of ketones is 1. The molecule has 0 aromatic rings. The average molecular weight is 697 g/mol. The lowest BCUT2D eigenvalue weighted by atomic mass is 9.34. The van der Waals surface area contributed by atoms with Gasteiger partial charge in [0.2, 0.25) is 0 Å². The van der Waals surface area contributed by atoms with Gasteiger partial charge in [0.25, 0.3) is 0 Å². The number of rotatable bonds is 6. The summed E-state index contributed by atoms with van der Waals surface area (Å²) in [6.45, 7) is 23.5. The fourth-order valence-corrected chi connectivity index (χ4v) is 12.4. The molecule has 6 aliphatic carbocycles. The second kappa shape index (κ2) is 12.0. The summed E-state index contributed by atoms with van der Waals surface area (Å²) in [5, 5.41) is 6.21. The molecular weight excluding hydrogens is 632 g/mol. The molecule has 3 unspecified atom stereocenters. The number of nitrogens with one attached hydrogen (secondary N) is 2. The van der Waals surface area contributed by atoms with Gasteiger partial charge in [-0.25, -0.2) is 9.59 Å². The van der Waals surface area contributed by atoms with Crippen LogP contribution in [0.1, 0.15) is 147 Å². The summed E-state index contributed by atoms with van der Waals surface area (Å²) < 4.78 is 17.2. The van der Waals surface area contributed by atoms with Crippen LogP contribution in [0.5, 0.6) is 0 Å². The van der Waals surface area contributed by atoms with E-state index in [9.17, 15) is 19.2 Å². The third-order valence-corrected chi connectivity index (χ3v) is 15.0. The van der Waals surface area contributed by atoms with Crippen LogP contribution in [0.2, 0.25) is 0 Å². The quantitative estimate of drug-likeness (QED) is 0.163. The summed E-state index contributed by atoms with van der Waals surface area (Å²) in [6.07, 6.45) is 8.37. The Hall–Kier alpha value is -2.58. The molecule has 9 nitrogen and oxygen atoms in total. The lowest BCUT2D eigenvalue weighted by Crippen LogP contribution is -2.65. The molecule has 0 bridgehead atoms. The van der Waals surface area contributed by atoms with E-state index in [4.69, 9.17) is 14.2 Å². The monoisotopic (exact) mass is 696 g/mol. The Morgan fingerprint density at radius 1 is 0.860 bits per heavy atom. The van der Waals surface area contributed by atoms with Gasteiger partial charge in [0.05, 0.1) is 11.1 Å². The highest BCUT2D eigenvalue weighted by molar-refractivity contribution is 5.92. The van der Waals surface area contributed by atoms with E-state index in [1.165, 1.54) is 18.1 Å². The second-order valence-corrected chi connectivity index (χ2v) is 19.8. The molecule has 6 rings (SSSR count). The van der Waals surface area contributed by atoms with Crippen molar-refractivity contribution >= 4 is 23.9 Å². The maximum atomic E-state index is 14.0. The number of allylic oxidation sites excluding steroid dienone is 1. The summed E-state index contributed by atoms with van der Waals surface area (Å²) in [5.74, 6) is 0.889. The molecule has 280 valence electrons. The highest BCUT2D eigenvalue weighted by atomic mass is 16.6. The first-order chi connectivity index (χ1) is 23.0. The molecule has 5 saturated carbocycles. The van der Waals surface area contributed by atoms with Gasteiger partial charge in [-0.05, 0) is 125 Å². The normalized spacial score (nSPS) is 39.7. The lowest BCUT2D eigenvalue weighted by Gasteiger charge is -2.70. The standard InChI is InChI=1S/C41H64N2O7/c1-24(2)31-27(45)22-41(43-33(46)48-23-40(19-20-40)42-34(47)50-35(4,5)6)21-18-38(10)26(32(31)41)12-13-29-37(9)16-15-30(49-25(3)44)36(7,8)28(37)14-17-39(29,38)11/h24,28-31H,12-23H2,1-11H3,(H,42,47)(H,43,46)/t28?,29?,30-,31?,37-,38+,39+,41+/m0/s1. The van der Waals surface area contributed by atoms with Gasteiger partial charge in [-0.2, -0.15) is 0 Å². The van der Waals surface area contributed by atoms with Crippen LogP contribution in [0.25, 0.3) is 0 Å². The van der Waals surface area contributed by atoms with E-state index in [0.29, 0.717) is 37.5 Å².